The third-order valence-corrected chi connectivity index (χ3v) is 4.92. The number of anilines is 1. The summed E-state index contributed by atoms with van der Waals surface area (Å²) in [4.78, 5) is 35.2. The van der Waals surface area contributed by atoms with Gasteiger partial charge in [0.05, 0.1) is 23.2 Å². The lowest BCUT2D eigenvalue weighted by atomic mass is 10.2. The monoisotopic (exact) mass is 329 g/mol. The van der Waals surface area contributed by atoms with E-state index in [9.17, 15) is 14.7 Å². The first-order valence-electron chi connectivity index (χ1n) is 7.99. The summed E-state index contributed by atoms with van der Waals surface area (Å²) in [6, 6.07) is 5.53. The number of hydrogen-bond donors (Lipinski definition) is 3. The molecule has 4 rings (SSSR count). The van der Waals surface area contributed by atoms with E-state index in [1.54, 1.807) is 17.0 Å². The maximum absolute atomic E-state index is 12.0. The second-order valence-corrected chi connectivity index (χ2v) is 6.49. The average Bonchev–Trinajstić information content (AvgIpc) is 3.25. The van der Waals surface area contributed by atoms with Crippen molar-refractivity contribution in [2.45, 2.75) is 31.5 Å². The minimum Gasteiger partial charge on any atom is -0.384 e. The van der Waals surface area contributed by atoms with E-state index in [-0.39, 0.29) is 18.0 Å². The first-order chi connectivity index (χ1) is 11.5. The molecule has 2 bridgehead atoms. The molecule has 8 nitrogen and oxygen atoms in total. The van der Waals surface area contributed by atoms with Crippen LogP contribution in [0.4, 0.5) is 5.95 Å². The molecule has 3 atom stereocenters. The molecule has 0 spiro atoms. The minimum atomic E-state index is -0.970. The van der Waals surface area contributed by atoms with Crippen LogP contribution in [-0.4, -0.2) is 63.1 Å². The van der Waals surface area contributed by atoms with Crippen molar-refractivity contribution in [3.8, 4) is 0 Å². The van der Waals surface area contributed by atoms with Gasteiger partial charge in [0.25, 0.3) is 11.8 Å². The summed E-state index contributed by atoms with van der Waals surface area (Å²) in [7, 11) is 0. The highest BCUT2D eigenvalue weighted by atomic mass is 16.3. The number of aromatic amines is 1. The topological polar surface area (TPSA) is 116 Å². The molecule has 126 valence electrons. The molecule has 0 aliphatic carbocycles. The molecule has 2 aromatic rings. The second kappa shape index (κ2) is 5.20. The predicted molar refractivity (Wildman–Crippen MR) is 87.5 cm³/mol. The van der Waals surface area contributed by atoms with Crippen molar-refractivity contribution in [1.82, 2.24) is 14.9 Å². The fourth-order valence-electron chi connectivity index (χ4n) is 3.79. The van der Waals surface area contributed by atoms with Crippen molar-refractivity contribution in [3.05, 3.63) is 23.8 Å². The Kier molecular flexibility index (Phi) is 3.24. The van der Waals surface area contributed by atoms with E-state index in [2.05, 4.69) is 14.9 Å². The molecule has 2 aliphatic rings. The molecule has 8 heteroatoms. The number of imidazole rings is 1. The Labute approximate surface area is 138 Å². The zero-order valence-electron chi connectivity index (χ0n) is 13.3. The van der Waals surface area contributed by atoms with Crippen molar-refractivity contribution in [1.29, 1.82) is 0 Å². The highest BCUT2D eigenvalue weighted by Gasteiger charge is 2.46. The van der Waals surface area contributed by atoms with E-state index in [0.29, 0.717) is 30.1 Å². The number of piperazine rings is 1. The van der Waals surface area contributed by atoms with E-state index in [1.807, 2.05) is 6.07 Å². The number of amides is 2. The maximum Gasteiger partial charge on any atom is 0.251 e. The van der Waals surface area contributed by atoms with Crippen molar-refractivity contribution >= 4 is 28.8 Å². The smallest absolute Gasteiger partial charge is 0.251 e. The van der Waals surface area contributed by atoms with Gasteiger partial charge in [0.2, 0.25) is 5.95 Å². The summed E-state index contributed by atoms with van der Waals surface area (Å²) in [5, 5.41) is 9.50. The molecule has 1 aromatic carbocycles. The van der Waals surface area contributed by atoms with Crippen molar-refractivity contribution in [3.63, 3.8) is 0 Å². The Hall–Kier alpha value is -2.61. The lowest BCUT2D eigenvalue weighted by Crippen LogP contribution is -2.51. The van der Waals surface area contributed by atoms with Gasteiger partial charge in [0.15, 0.2) is 0 Å². The molecule has 0 saturated carbocycles. The lowest BCUT2D eigenvalue weighted by molar-refractivity contribution is -0.140. The number of aliphatic hydroxyl groups is 1. The van der Waals surface area contributed by atoms with Gasteiger partial charge in [-0.15, -0.1) is 0 Å². The van der Waals surface area contributed by atoms with Crippen molar-refractivity contribution < 1.29 is 14.7 Å². The Balaban J connectivity index is 1.61. The number of carbonyl (C=O) groups is 2. The zero-order valence-corrected chi connectivity index (χ0v) is 13.3. The standard InChI is InChI=1S/C16H19N5O3/c1-8(22)15(24)20-6-10-5-9(20)7-21(10)16-18-12-4-2-3-11(14(17)23)13(12)19-16/h2-4,8-10,22H,5-7H2,1H3,(H2,17,23)(H,18,19)/t8?,9-,10-/m0/s1. The van der Waals surface area contributed by atoms with Gasteiger partial charge in [0.1, 0.15) is 11.6 Å². The molecule has 2 saturated heterocycles. The van der Waals surface area contributed by atoms with Crippen LogP contribution in [0.2, 0.25) is 0 Å². The van der Waals surface area contributed by atoms with Gasteiger partial charge in [-0.1, -0.05) is 6.07 Å². The second-order valence-electron chi connectivity index (χ2n) is 6.49. The van der Waals surface area contributed by atoms with Gasteiger partial charge in [-0.2, -0.15) is 0 Å². The Bertz CT molecular complexity index is 830. The average molecular weight is 329 g/mol. The van der Waals surface area contributed by atoms with E-state index in [0.717, 1.165) is 11.9 Å². The number of hydrogen-bond acceptors (Lipinski definition) is 5. The van der Waals surface area contributed by atoms with Gasteiger partial charge in [-0.05, 0) is 25.5 Å². The van der Waals surface area contributed by atoms with Crippen molar-refractivity contribution in [2.24, 2.45) is 5.73 Å². The van der Waals surface area contributed by atoms with Gasteiger partial charge in [0, 0.05) is 13.1 Å². The third-order valence-electron chi connectivity index (χ3n) is 4.92. The summed E-state index contributed by atoms with van der Waals surface area (Å²) in [5.41, 5.74) is 7.14. The number of para-hydroxylation sites is 1. The number of aromatic nitrogens is 2. The van der Waals surface area contributed by atoms with Crippen molar-refractivity contribution in [2.75, 3.05) is 18.0 Å². The third kappa shape index (κ3) is 2.14. The highest BCUT2D eigenvalue weighted by Crippen LogP contribution is 2.34. The Morgan fingerprint density at radius 1 is 1.38 bits per heavy atom. The largest absolute Gasteiger partial charge is 0.384 e. The summed E-state index contributed by atoms with van der Waals surface area (Å²) in [6.07, 6.45) is -0.111. The van der Waals surface area contributed by atoms with Gasteiger partial charge in [-0.25, -0.2) is 4.98 Å². The van der Waals surface area contributed by atoms with E-state index >= 15 is 0 Å². The number of primary amides is 1. The number of rotatable bonds is 3. The number of aliphatic hydroxyl groups excluding tert-OH is 1. The number of benzene rings is 1. The normalized spacial score (nSPS) is 23.9. The summed E-state index contributed by atoms with van der Waals surface area (Å²) in [6.45, 7) is 2.74. The molecule has 0 radical (unpaired) electrons. The number of nitrogens with zero attached hydrogens (tertiary/aromatic N) is 3. The quantitative estimate of drug-likeness (QED) is 0.723. The number of H-pyrrole nitrogens is 1. The zero-order chi connectivity index (χ0) is 17.0. The predicted octanol–water partition coefficient (Wildman–Crippen LogP) is -0.168. The van der Waals surface area contributed by atoms with Crippen LogP contribution in [0.25, 0.3) is 11.0 Å². The molecular formula is C16H19N5O3. The molecule has 1 aromatic heterocycles. The number of carbonyl (C=O) groups excluding carboxylic acids is 2. The van der Waals surface area contributed by atoms with E-state index in [4.69, 9.17) is 5.73 Å². The number of fused-ring (bicyclic) bond motifs is 3. The molecule has 2 fully saturated rings. The number of nitrogens with one attached hydrogen (secondary N) is 1. The molecule has 2 amide bonds. The van der Waals surface area contributed by atoms with Crippen LogP contribution < -0.4 is 10.6 Å². The molecule has 2 aliphatic heterocycles. The van der Waals surface area contributed by atoms with Crippen LogP contribution in [0.5, 0.6) is 0 Å². The number of nitrogens with two attached hydrogens (primary N) is 1. The van der Waals surface area contributed by atoms with Gasteiger partial charge in [-0.3, -0.25) is 9.59 Å². The van der Waals surface area contributed by atoms with Crippen LogP contribution in [-0.2, 0) is 4.79 Å². The van der Waals surface area contributed by atoms with Crippen LogP contribution in [0.15, 0.2) is 18.2 Å². The van der Waals surface area contributed by atoms with Crippen LogP contribution in [0.3, 0.4) is 0 Å². The Morgan fingerprint density at radius 2 is 2.17 bits per heavy atom. The first kappa shape index (κ1) is 14.9. The summed E-state index contributed by atoms with van der Waals surface area (Å²) in [5.74, 6) is -0.0339. The first-order valence-corrected chi connectivity index (χ1v) is 7.99. The van der Waals surface area contributed by atoms with E-state index < -0.39 is 12.0 Å². The van der Waals surface area contributed by atoms with Crippen LogP contribution >= 0.6 is 0 Å². The van der Waals surface area contributed by atoms with Crippen LogP contribution in [0, 0.1) is 0 Å². The summed E-state index contributed by atoms with van der Waals surface area (Å²) >= 11 is 0. The Morgan fingerprint density at radius 3 is 2.79 bits per heavy atom. The van der Waals surface area contributed by atoms with Crippen LogP contribution in [0.1, 0.15) is 23.7 Å². The summed E-state index contributed by atoms with van der Waals surface area (Å²) < 4.78 is 0. The SMILES string of the molecule is CC(O)C(=O)N1C[C@@H]2C[C@H]1CN2c1nc2c(C(N)=O)cccc2[nH]1. The fourth-order valence-corrected chi connectivity index (χ4v) is 3.79. The molecule has 1 unspecified atom stereocenters. The minimum absolute atomic E-state index is 0.0842. The molecule has 24 heavy (non-hydrogen) atoms. The molecule has 3 heterocycles. The van der Waals surface area contributed by atoms with Gasteiger partial charge >= 0.3 is 0 Å². The molecule has 4 N–H and O–H groups in total. The maximum atomic E-state index is 12.0. The number of likely N-dealkylation sites (tertiary alicyclic amines) is 1. The lowest BCUT2D eigenvalue weighted by Gasteiger charge is -2.34. The van der Waals surface area contributed by atoms with E-state index in [1.165, 1.54) is 6.92 Å². The highest BCUT2D eigenvalue weighted by molar-refractivity contribution is 6.04. The van der Waals surface area contributed by atoms with Gasteiger partial charge < -0.3 is 25.6 Å². The fraction of sp³-hybridized carbons (Fsp3) is 0.438. The molecular weight excluding hydrogens is 310 g/mol.